The van der Waals surface area contributed by atoms with Crippen LogP contribution in [0.15, 0.2) is 42.7 Å². The molecular weight excluding hydrogens is 249 g/mol. The summed E-state index contributed by atoms with van der Waals surface area (Å²) in [6.07, 6.45) is -4.27. The highest BCUT2D eigenvalue weighted by atomic mass is 19.3. The van der Waals surface area contributed by atoms with Crippen molar-refractivity contribution in [1.82, 2.24) is 0 Å². The molecule has 2 atom stereocenters. The molecule has 0 aromatic heterocycles. The standard InChI is InChI=1S/C12H9F3O3/c13-10(14)11(15)18-12(9(16)6-7-17-12)8-4-2-1-3-5-8/h1-7,10-11H. The molecular formula is C12H9F3O3. The second-order valence-electron chi connectivity index (χ2n) is 3.57. The fourth-order valence-corrected chi connectivity index (χ4v) is 1.59. The van der Waals surface area contributed by atoms with Crippen molar-refractivity contribution in [3.63, 3.8) is 0 Å². The van der Waals surface area contributed by atoms with Crippen LogP contribution in [0.3, 0.4) is 0 Å². The molecule has 1 aliphatic heterocycles. The van der Waals surface area contributed by atoms with Crippen LogP contribution in [0.4, 0.5) is 13.2 Å². The Morgan fingerprint density at radius 1 is 1.17 bits per heavy atom. The summed E-state index contributed by atoms with van der Waals surface area (Å²) in [4.78, 5) is 11.7. The van der Waals surface area contributed by atoms with E-state index in [9.17, 15) is 18.0 Å². The first-order chi connectivity index (χ1) is 8.56. The molecule has 0 aliphatic carbocycles. The third-order valence-corrected chi connectivity index (χ3v) is 2.41. The van der Waals surface area contributed by atoms with Crippen LogP contribution in [0, 0.1) is 0 Å². The number of benzene rings is 1. The summed E-state index contributed by atoms with van der Waals surface area (Å²) in [5.74, 6) is -2.89. The van der Waals surface area contributed by atoms with Gasteiger partial charge in [-0.3, -0.25) is 9.53 Å². The number of carbonyl (C=O) groups is 1. The van der Waals surface area contributed by atoms with E-state index in [2.05, 4.69) is 4.74 Å². The molecule has 0 bridgehead atoms. The normalized spacial score (nSPS) is 24.3. The van der Waals surface area contributed by atoms with Gasteiger partial charge >= 0.3 is 5.79 Å². The monoisotopic (exact) mass is 258 g/mol. The van der Waals surface area contributed by atoms with Crippen molar-refractivity contribution in [3.8, 4) is 0 Å². The van der Waals surface area contributed by atoms with Crippen molar-refractivity contribution < 1.29 is 27.4 Å². The Morgan fingerprint density at radius 2 is 1.83 bits per heavy atom. The molecule has 18 heavy (non-hydrogen) atoms. The summed E-state index contributed by atoms with van der Waals surface area (Å²) in [6, 6.07) is 7.65. The SMILES string of the molecule is O=C1C=COC1(OC(F)C(F)F)c1ccccc1. The third-order valence-electron chi connectivity index (χ3n) is 2.41. The second kappa shape index (κ2) is 4.81. The van der Waals surface area contributed by atoms with Crippen LogP contribution in [0.1, 0.15) is 5.56 Å². The number of hydrogen-bond donors (Lipinski definition) is 0. The van der Waals surface area contributed by atoms with Crippen LogP contribution in [0.5, 0.6) is 0 Å². The lowest BCUT2D eigenvalue weighted by atomic mass is 10.0. The number of ketones is 1. The van der Waals surface area contributed by atoms with Gasteiger partial charge in [-0.15, -0.1) is 0 Å². The van der Waals surface area contributed by atoms with E-state index in [0.29, 0.717) is 0 Å². The van der Waals surface area contributed by atoms with E-state index >= 15 is 0 Å². The Labute approximate surface area is 101 Å². The topological polar surface area (TPSA) is 35.5 Å². The van der Waals surface area contributed by atoms with Crippen LogP contribution in [0.25, 0.3) is 0 Å². The number of rotatable bonds is 4. The van der Waals surface area contributed by atoms with Crippen LogP contribution in [-0.2, 0) is 20.1 Å². The minimum Gasteiger partial charge on any atom is -0.458 e. The molecule has 1 aromatic carbocycles. The van der Waals surface area contributed by atoms with Crippen molar-refractivity contribution in [1.29, 1.82) is 0 Å². The number of carbonyl (C=O) groups excluding carboxylic acids is 1. The quantitative estimate of drug-likeness (QED) is 0.832. The molecule has 1 heterocycles. The van der Waals surface area contributed by atoms with E-state index in [1.54, 1.807) is 18.2 Å². The van der Waals surface area contributed by atoms with Gasteiger partial charge < -0.3 is 4.74 Å². The zero-order chi connectivity index (χ0) is 13.2. The van der Waals surface area contributed by atoms with E-state index in [4.69, 9.17) is 4.74 Å². The minimum atomic E-state index is -3.36. The molecule has 1 aromatic rings. The van der Waals surface area contributed by atoms with Gasteiger partial charge in [-0.05, 0) is 0 Å². The maximum atomic E-state index is 13.0. The number of hydrogen-bond acceptors (Lipinski definition) is 3. The van der Waals surface area contributed by atoms with E-state index in [-0.39, 0.29) is 5.56 Å². The number of halogens is 3. The molecule has 1 aliphatic rings. The van der Waals surface area contributed by atoms with Crippen molar-refractivity contribution >= 4 is 5.78 Å². The van der Waals surface area contributed by atoms with Gasteiger partial charge in [0, 0.05) is 11.6 Å². The Bertz CT molecular complexity index is 461. The van der Waals surface area contributed by atoms with Gasteiger partial charge in [-0.25, -0.2) is 13.2 Å². The van der Waals surface area contributed by atoms with E-state index in [1.807, 2.05) is 0 Å². The van der Waals surface area contributed by atoms with Crippen molar-refractivity contribution in [2.45, 2.75) is 18.6 Å². The van der Waals surface area contributed by atoms with E-state index in [1.165, 1.54) is 12.1 Å². The van der Waals surface area contributed by atoms with Gasteiger partial charge in [0.15, 0.2) is 0 Å². The Morgan fingerprint density at radius 3 is 2.33 bits per heavy atom. The maximum absolute atomic E-state index is 13.0. The zero-order valence-corrected chi connectivity index (χ0v) is 9.05. The predicted molar refractivity (Wildman–Crippen MR) is 55.3 cm³/mol. The van der Waals surface area contributed by atoms with Gasteiger partial charge in [0.1, 0.15) is 0 Å². The van der Waals surface area contributed by atoms with Gasteiger partial charge in [0.05, 0.1) is 6.26 Å². The van der Waals surface area contributed by atoms with Crippen molar-refractivity contribution in [3.05, 3.63) is 48.2 Å². The van der Waals surface area contributed by atoms with Crippen LogP contribution >= 0.6 is 0 Å². The summed E-state index contributed by atoms with van der Waals surface area (Å²) in [6.45, 7) is 0. The second-order valence-corrected chi connectivity index (χ2v) is 3.57. The molecule has 2 unspecified atom stereocenters. The zero-order valence-electron chi connectivity index (χ0n) is 9.05. The Hall–Kier alpha value is -1.82. The Balaban J connectivity index is 2.34. The molecule has 0 N–H and O–H groups in total. The molecule has 0 radical (unpaired) electrons. The van der Waals surface area contributed by atoms with Crippen LogP contribution < -0.4 is 0 Å². The highest BCUT2D eigenvalue weighted by molar-refractivity contribution is 5.98. The highest BCUT2D eigenvalue weighted by Gasteiger charge is 2.48. The first-order valence-electron chi connectivity index (χ1n) is 5.10. The summed E-state index contributed by atoms with van der Waals surface area (Å²) in [5, 5.41) is 0. The lowest BCUT2D eigenvalue weighted by molar-refractivity contribution is -0.271. The average Bonchev–Trinajstić information content (AvgIpc) is 2.73. The first kappa shape index (κ1) is 12.6. The first-order valence-corrected chi connectivity index (χ1v) is 5.10. The largest absolute Gasteiger partial charge is 0.458 e. The fourth-order valence-electron chi connectivity index (χ4n) is 1.59. The van der Waals surface area contributed by atoms with Gasteiger partial charge in [-0.1, -0.05) is 30.3 Å². The van der Waals surface area contributed by atoms with Crippen LogP contribution in [-0.4, -0.2) is 18.6 Å². The molecule has 0 spiro atoms. The molecule has 3 nitrogen and oxygen atoms in total. The predicted octanol–water partition coefficient (Wildman–Crippen LogP) is 2.53. The molecule has 0 saturated heterocycles. The van der Waals surface area contributed by atoms with Crippen molar-refractivity contribution in [2.24, 2.45) is 0 Å². The van der Waals surface area contributed by atoms with E-state index < -0.39 is 24.4 Å². The fraction of sp³-hybridized carbons (Fsp3) is 0.250. The lowest BCUT2D eigenvalue weighted by Crippen LogP contribution is -2.40. The van der Waals surface area contributed by atoms with Crippen LogP contribution in [0.2, 0.25) is 0 Å². The summed E-state index contributed by atoms with van der Waals surface area (Å²) in [7, 11) is 0. The molecule has 6 heteroatoms. The van der Waals surface area contributed by atoms with Gasteiger partial charge in [-0.2, -0.15) is 0 Å². The highest BCUT2D eigenvalue weighted by Crippen LogP contribution is 2.35. The smallest absolute Gasteiger partial charge is 0.303 e. The summed E-state index contributed by atoms with van der Waals surface area (Å²) < 4.78 is 46.9. The summed E-state index contributed by atoms with van der Waals surface area (Å²) in [5.41, 5.74) is 0.156. The molecule has 0 saturated carbocycles. The Kier molecular flexibility index (Phi) is 3.38. The van der Waals surface area contributed by atoms with Gasteiger partial charge in [0.2, 0.25) is 5.78 Å². The number of alkyl halides is 3. The van der Waals surface area contributed by atoms with Gasteiger partial charge in [0.25, 0.3) is 12.8 Å². The number of ether oxygens (including phenoxy) is 2. The molecule has 2 rings (SSSR count). The molecule has 96 valence electrons. The molecule has 0 fully saturated rings. The average molecular weight is 258 g/mol. The lowest BCUT2D eigenvalue weighted by Gasteiger charge is -2.28. The summed E-state index contributed by atoms with van der Waals surface area (Å²) >= 11 is 0. The third kappa shape index (κ3) is 2.11. The van der Waals surface area contributed by atoms with E-state index in [0.717, 1.165) is 12.3 Å². The van der Waals surface area contributed by atoms with Crippen molar-refractivity contribution in [2.75, 3.05) is 0 Å². The maximum Gasteiger partial charge on any atom is 0.303 e. The molecule has 0 amide bonds. The minimum absolute atomic E-state index is 0.156.